The number of benzene rings is 1. The van der Waals surface area contributed by atoms with Gasteiger partial charge in [0.05, 0.1) is 18.1 Å². The van der Waals surface area contributed by atoms with Gasteiger partial charge >= 0.3 is 5.97 Å². The number of halogens is 1. The van der Waals surface area contributed by atoms with Gasteiger partial charge < -0.3 is 15.2 Å². The van der Waals surface area contributed by atoms with E-state index in [1.54, 1.807) is 25.6 Å². The van der Waals surface area contributed by atoms with Crippen molar-refractivity contribution >= 4 is 33.7 Å². The molecule has 0 bridgehead atoms. The summed E-state index contributed by atoms with van der Waals surface area (Å²) in [6, 6.07) is 7.76. The molecule has 1 unspecified atom stereocenters. The summed E-state index contributed by atoms with van der Waals surface area (Å²) >= 11 is 5.12. The first-order valence-electron chi connectivity index (χ1n) is 7.23. The number of esters is 1. The lowest BCUT2D eigenvalue weighted by Crippen LogP contribution is -2.25. The van der Waals surface area contributed by atoms with Crippen molar-refractivity contribution in [3.8, 4) is 6.07 Å². The summed E-state index contributed by atoms with van der Waals surface area (Å²) in [6.07, 6.45) is 1.97. The van der Waals surface area contributed by atoms with Gasteiger partial charge in [0.15, 0.2) is 0 Å². The van der Waals surface area contributed by atoms with Crippen molar-refractivity contribution in [3.05, 3.63) is 51.0 Å². The molecule has 0 saturated carbocycles. The normalized spacial score (nSPS) is 17.4. The standard InChI is InChI=1S/C17H17BrN2O3S/c1-4-22-17(21)14-9(2)23-16(20)11(8-19)15(14)10-5-6-13(24-3)12(18)7-10/h5-7,15H,4,20H2,1-3H3. The SMILES string of the molecule is CCOC(=O)C1=C(C)OC(N)=C(C#N)C1c1ccc(SC)c(Br)c1. The van der Waals surface area contributed by atoms with E-state index in [2.05, 4.69) is 22.0 Å². The zero-order chi connectivity index (χ0) is 17.9. The highest BCUT2D eigenvalue weighted by molar-refractivity contribution is 9.10. The molecule has 0 saturated heterocycles. The zero-order valence-electron chi connectivity index (χ0n) is 13.6. The lowest BCUT2D eigenvalue weighted by Gasteiger charge is -2.27. The second-order valence-corrected chi connectivity index (χ2v) is 6.71. The fourth-order valence-corrected chi connectivity index (χ4v) is 3.89. The fourth-order valence-electron chi connectivity index (χ4n) is 2.55. The molecule has 0 fully saturated rings. The van der Waals surface area contributed by atoms with Gasteiger partial charge in [0.1, 0.15) is 17.4 Å². The van der Waals surface area contributed by atoms with Crippen LogP contribution in [0.15, 0.2) is 50.4 Å². The molecule has 0 aromatic heterocycles. The first kappa shape index (κ1) is 18.4. The number of nitrogens with zero attached hydrogens (tertiary/aromatic N) is 1. The van der Waals surface area contributed by atoms with Crippen LogP contribution in [-0.2, 0) is 14.3 Å². The lowest BCUT2D eigenvalue weighted by atomic mass is 9.83. The van der Waals surface area contributed by atoms with Crippen molar-refractivity contribution < 1.29 is 14.3 Å². The average molecular weight is 409 g/mol. The Labute approximate surface area is 153 Å². The summed E-state index contributed by atoms with van der Waals surface area (Å²) < 4.78 is 11.4. The Morgan fingerprint density at radius 3 is 2.79 bits per heavy atom. The minimum Gasteiger partial charge on any atom is -0.463 e. The average Bonchev–Trinajstić information content (AvgIpc) is 2.54. The minimum atomic E-state index is -0.616. The quantitative estimate of drug-likeness (QED) is 0.601. The zero-order valence-corrected chi connectivity index (χ0v) is 16.0. The number of allylic oxidation sites excluding steroid dienone is 2. The number of carbonyl (C=O) groups is 1. The largest absolute Gasteiger partial charge is 0.463 e. The van der Waals surface area contributed by atoms with Gasteiger partial charge in [0, 0.05) is 9.37 Å². The first-order valence-corrected chi connectivity index (χ1v) is 9.25. The Hall–Kier alpha value is -1.91. The summed E-state index contributed by atoms with van der Waals surface area (Å²) in [4.78, 5) is 13.5. The van der Waals surface area contributed by atoms with Gasteiger partial charge in [-0.25, -0.2) is 4.79 Å². The van der Waals surface area contributed by atoms with Crippen molar-refractivity contribution in [2.45, 2.75) is 24.7 Å². The Morgan fingerprint density at radius 1 is 1.54 bits per heavy atom. The highest BCUT2D eigenvalue weighted by Crippen LogP contribution is 2.41. The van der Waals surface area contributed by atoms with Crippen LogP contribution >= 0.6 is 27.7 Å². The van der Waals surface area contributed by atoms with Gasteiger partial charge in [-0.2, -0.15) is 5.26 Å². The van der Waals surface area contributed by atoms with Crippen LogP contribution in [0.1, 0.15) is 25.3 Å². The molecule has 1 aliphatic heterocycles. The predicted octanol–water partition coefficient (Wildman–Crippen LogP) is 3.82. The second kappa shape index (κ2) is 7.77. The summed E-state index contributed by atoms with van der Waals surface area (Å²) in [5, 5.41) is 9.52. The molecular formula is C17H17BrN2O3S. The topological polar surface area (TPSA) is 85.3 Å². The number of ether oxygens (including phenoxy) is 2. The Morgan fingerprint density at radius 2 is 2.25 bits per heavy atom. The van der Waals surface area contributed by atoms with Crippen LogP contribution in [0.2, 0.25) is 0 Å². The Balaban J connectivity index is 2.62. The van der Waals surface area contributed by atoms with Crippen LogP contribution in [0.3, 0.4) is 0 Å². The van der Waals surface area contributed by atoms with E-state index in [-0.39, 0.29) is 18.1 Å². The molecule has 1 heterocycles. The van der Waals surface area contributed by atoms with Crippen molar-refractivity contribution in [1.29, 1.82) is 5.26 Å². The molecule has 0 spiro atoms. The molecule has 1 atom stereocenters. The number of hydrogen-bond acceptors (Lipinski definition) is 6. The van der Waals surface area contributed by atoms with Crippen molar-refractivity contribution in [1.82, 2.24) is 0 Å². The van der Waals surface area contributed by atoms with Crippen molar-refractivity contribution in [2.24, 2.45) is 5.73 Å². The molecule has 1 aromatic carbocycles. The van der Waals surface area contributed by atoms with Gasteiger partial charge in [-0.15, -0.1) is 11.8 Å². The molecule has 5 nitrogen and oxygen atoms in total. The monoisotopic (exact) mass is 408 g/mol. The Bertz CT molecular complexity index is 781. The maximum Gasteiger partial charge on any atom is 0.338 e. The van der Waals surface area contributed by atoms with E-state index >= 15 is 0 Å². The summed E-state index contributed by atoms with van der Waals surface area (Å²) in [6.45, 7) is 3.61. The van der Waals surface area contributed by atoms with Gasteiger partial charge in [-0.3, -0.25) is 0 Å². The van der Waals surface area contributed by atoms with E-state index in [9.17, 15) is 10.1 Å². The third kappa shape index (κ3) is 3.45. The van der Waals surface area contributed by atoms with Crippen LogP contribution in [0.4, 0.5) is 0 Å². The summed E-state index contributed by atoms with van der Waals surface area (Å²) in [7, 11) is 0. The molecule has 7 heteroatoms. The molecule has 126 valence electrons. The number of nitriles is 1. The number of carbonyl (C=O) groups excluding carboxylic acids is 1. The van der Waals surface area contributed by atoms with E-state index in [0.29, 0.717) is 11.3 Å². The predicted molar refractivity (Wildman–Crippen MR) is 95.9 cm³/mol. The molecule has 24 heavy (non-hydrogen) atoms. The van der Waals surface area contributed by atoms with E-state index in [4.69, 9.17) is 15.2 Å². The molecule has 0 aliphatic carbocycles. The first-order chi connectivity index (χ1) is 11.4. The third-order valence-electron chi connectivity index (χ3n) is 3.61. The lowest BCUT2D eigenvalue weighted by molar-refractivity contribution is -0.139. The molecule has 2 rings (SSSR count). The van der Waals surface area contributed by atoms with Crippen LogP contribution in [0, 0.1) is 11.3 Å². The third-order valence-corrected chi connectivity index (χ3v) is 5.32. The van der Waals surface area contributed by atoms with Crippen LogP contribution in [0.25, 0.3) is 0 Å². The smallest absolute Gasteiger partial charge is 0.338 e. The van der Waals surface area contributed by atoms with Gasteiger partial charge in [0.25, 0.3) is 0 Å². The fraction of sp³-hybridized carbons (Fsp3) is 0.294. The summed E-state index contributed by atoms with van der Waals surface area (Å²) in [5.74, 6) is -0.765. The highest BCUT2D eigenvalue weighted by atomic mass is 79.9. The summed E-state index contributed by atoms with van der Waals surface area (Å²) in [5.41, 5.74) is 7.14. The maximum absolute atomic E-state index is 12.4. The molecule has 1 aromatic rings. The van der Waals surface area contributed by atoms with E-state index in [0.717, 1.165) is 14.9 Å². The van der Waals surface area contributed by atoms with E-state index < -0.39 is 11.9 Å². The van der Waals surface area contributed by atoms with Gasteiger partial charge in [-0.05, 0) is 53.7 Å². The highest BCUT2D eigenvalue weighted by Gasteiger charge is 2.36. The molecular weight excluding hydrogens is 392 g/mol. The number of thioether (sulfide) groups is 1. The Kier molecular flexibility index (Phi) is 5.97. The maximum atomic E-state index is 12.4. The van der Waals surface area contributed by atoms with E-state index in [1.807, 2.05) is 24.5 Å². The number of hydrogen-bond donors (Lipinski definition) is 1. The van der Waals surface area contributed by atoms with Crippen LogP contribution in [0.5, 0.6) is 0 Å². The minimum absolute atomic E-state index is 0.0121. The molecule has 1 aliphatic rings. The van der Waals surface area contributed by atoms with Crippen LogP contribution in [-0.4, -0.2) is 18.8 Å². The molecule has 0 radical (unpaired) electrons. The van der Waals surface area contributed by atoms with Crippen LogP contribution < -0.4 is 5.73 Å². The molecule has 2 N–H and O–H groups in total. The van der Waals surface area contributed by atoms with Crippen molar-refractivity contribution in [3.63, 3.8) is 0 Å². The van der Waals surface area contributed by atoms with Crippen molar-refractivity contribution in [2.75, 3.05) is 12.9 Å². The second-order valence-electron chi connectivity index (χ2n) is 5.01. The van der Waals surface area contributed by atoms with E-state index in [1.165, 1.54) is 0 Å². The molecule has 0 amide bonds. The number of nitrogens with two attached hydrogens (primary N) is 1. The number of rotatable bonds is 4. The van der Waals surface area contributed by atoms with Gasteiger partial charge in [0.2, 0.25) is 5.88 Å². The van der Waals surface area contributed by atoms with Gasteiger partial charge in [-0.1, -0.05) is 6.07 Å².